The lowest BCUT2D eigenvalue weighted by Crippen LogP contribution is -2.04. The Morgan fingerprint density at radius 1 is 1.36 bits per heavy atom. The molecule has 2 heterocycles. The van der Waals surface area contributed by atoms with Crippen molar-refractivity contribution in [2.24, 2.45) is 0 Å². The lowest BCUT2D eigenvalue weighted by Gasteiger charge is -2.07. The van der Waals surface area contributed by atoms with E-state index in [4.69, 9.17) is 10.00 Å². The first-order valence-corrected chi connectivity index (χ1v) is 6.64. The van der Waals surface area contributed by atoms with Crippen LogP contribution in [0.4, 0.5) is 0 Å². The van der Waals surface area contributed by atoms with Crippen LogP contribution in [0.25, 0.3) is 10.9 Å². The first-order valence-electron chi connectivity index (χ1n) is 6.64. The van der Waals surface area contributed by atoms with Crippen LogP contribution in [-0.4, -0.2) is 20.3 Å². The van der Waals surface area contributed by atoms with E-state index in [9.17, 15) is 4.79 Å². The molecule has 0 aliphatic rings. The molecule has 0 atom stereocenters. The summed E-state index contributed by atoms with van der Waals surface area (Å²) >= 11 is 0. The number of hydrogen-bond acceptors (Lipinski definition) is 5. The molecule has 6 heteroatoms. The fraction of sp³-hybridized carbons (Fsp3) is 0.125. The maximum Gasteiger partial charge on any atom is 0.223 e. The molecule has 1 aromatic carbocycles. The minimum Gasteiger partial charge on any atom is -0.438 e. The number of ether oxygens (including phenoxy) is 1. The van der Waals surface area contributed by atoms with Crippen LogP contribution >= 0.6 is 0 Å². The van der Waals surface area contributed by atoms with Gasteiger partial charge in [0, 0.05) is 17.6 Å². The van der Waals surface area contributed by atoms with Crippen molar-refractivity contribution < 1.29 is 9.53 Å². The largest absolute Gasteiger partial charge is 0.438 e. The molecule has 0 N–H and O–H groups in total. The number of carbonyl (C=O) groups is 1. The third-order valence-electron chi connectivity index (χ3n) is 3.14. The van der Waals surface area contributed by atoms with Gasteiger partial charge >= 0.3 is 0 Å². The summed E-state index contributed by atoms with van der Waals surface area (Å²) in [4.78, 5) is 19.1. The molecule has 0 amide bonds. The first-order chi connectivity index (χ1) is 10.7. The molecular formula is C16H12N4O2. The Hall–Kier alpha value is -3.20. The maximum absolute atomic E-state index is 11.3. The van der Waals surface area contributed by atoms with E-state index in [1.165, 1.54) is 12.4 Å². The maximum atomic E-state index is 11.3. The smallest absolute Gasteiger partial charge is 0.223 e. The zero-order chi connectivity index (χ0) is 15.5. The molecule has 0 aliphatic carbocycles. The minimum atomic E-state index is 0.0817. The molecule has 0 spiro atoms. The van der Waals surface area contributed by atoms with E-state index in [0.717, 1.165) is 10.9 Å². The summed E-state index contributed by atoms with van der Waals surface area (Å²) in [5.74, 6) is 0.999. The Morgan fingerprint density at radius 3 is 3.00 bits per heavy atom. The van der Waals surface area contributed by atoms with Gasteiger partial charge in [-0.3, -0.25) is 4.79 Å². The molecule has 2 aromatic heterocycles. The summed E-state index contributed by atoms with van der Waals surface area (Å²) in [7, 11) is 0. The Kier molecular flexibility index (Phi) is 3.54. The Balaban J connectivity index is 1.99. The highest BCUT2D eigenvalue weighted by Gasteiger charge is 2.09. The van der Waals surface area contributed by atoms with Crippen LogP contribution in [0.1, 0.15) is 12.6 Å². The van der Waals surface area contributed by atoms with Gasteiger partial charge in [-0.05, 0) is 25.1 Å². The Labute approximate surface area is 126 Å². The fourth-order valence-corrected chi connectivity index (χ4v) is 2.23. The monoisotopic (exact) mass is 292 g/mol. The molecule has 3 aromatic rings. The second kappa shape index (κ2) is 5.66. The number of carbonyl (C=O) groups excluding carboxylic acids is 1. The van der Waals surface area contributed by atoms with Crippen LogP contribution in [0.3, 0.4) is 0 Å². The fourth-order valence-electron chi connectivity index (χ4n) is 2.23. The average Bonchev–Trinajstić information content (AvgIpc) is 2.91. The van der Waals surface area contributed by atoms with Crippen molar-refractivity contribution in [2.45, 2.75) is 13.5 Å². The lowest BCUT2D eigenvalue weighted by atomic mass is 10.2. The first kappa shape index (κ1) is 13.8. The third-order valence-corrected chi connectivity index (χ3v) is 3.14. The summed E-state index contributed by atoms with van der Waals surface area (Å²) in [5.41, 5.74) is 1.15. The highest BCUT2D eigenvalue weighted by atomic mass is 16.5. The van der Waals surface area contributed by atoms with Gasteiger partial charge in [0.15, 0.2) is 0 Å². The topological polar surface area (TPSA) is 80.8 Å². The van der Waals surface area contributed by atoms with Gasteiger partial charge in [0.25, 0.3) is 0 Å². The van der Waals surface area contributed by atoms with Gasteiger partial charge in [0.2, 0.25) is 5.88 Å². The second-order valence-corrected chi connectivity index (χ2v) is 4.79. The van der Waals surface area contributed by atoms with E-state index in [1.54, 1.807) is 6.92 Å². The van der Waals surface area contributed by atoms with Crippen molar-refractivity contribution in [3.63, 3.8) is 0 Å². The molecule has 0 unspecified atom stereocenters. The Bertz CT molecular complexity index is 893. The van der Waals surface area contributed by atoms with Crippen molar-refractivity contribution in [3.05, 3.63) is 48.5 Å². The van der Waals surface area contributed by atoms with Crippen LogP contribution in [0.2, 0.25) is 0 Å². The Morgan fingerprint density at radius 2 is 2.23 bits per heavy atom. The van der Waals surface area contributed by atoms with Gasteiger partial charge in [-0.15, -0.1) is 0 Å². The van der Waals surface area contributed by atoms with Gasteiger partial charge in [0.05, 0.1) is 12.1 Å². The number of nitrogens with zero attached hydrogens (tertiary/aromatic N) is 4. The molecule has 0 fully saturated rings. The number of ketones is 1. The normalized spacial score (nSPS) is 10.4. The predicted octanol–water partition coefficient (Wildman–Crippen LogP) is 2.68. The van der Waals surface area contributed by atoms with Crippen LogP contribution in [0.15, 0.2) is 42.9 Å². The number of Topliss-reactive ketones (excluding diaryl/α,β-unsaturated/α-hetero) is 1. The summed E-state index contributed by atoms with van der Waals surface area (Å²) in [5, 5.41) is 9.73. The number of benzene rings is 1. The number of hydrogen-bond donors (Lipinski definition) is 0. The molecule has 0 aliphatic heterocycles. The number of aromatic nitrogens is 3. The van der Waals surface area contributed by atoms with Crippen LogP contribution in [-0.2, 0) is 11.3 Å². The molecule has 0 saturated carbocycles. The SMILES string of the molecule is CC(=O)Cn1ccc2c(Oc3cc(C#N)ncn3)cccc21. The summed E-state index contributed by atoms with van der Waals surface area (Å²) in [6.07, 6.45) is 3.13. The van der Waals surface area contributed by atoms with Gasteiger partial charge in [-0.1, -0.05) is 6.07 Å². The van der Waals surface area contributed by atoms with Crippen molar-refractivity contribution in [1.29, 1.82) is 5.26 Å². The molecule has 22 heavy (non-hydrogen) atoms. The van der Waals surface area contributed by atoms with Gasteiger partial charge in [-0.25, -0.2) is 9.97 Å². The molecule has 0 radical (unpaired) electrons. The molecule has 6 nitrogen and oxygen atoms in total. The zero-order valence-electron chi connectivity index (χ0n) is 11.9. The lowest BCUT2D eigenvalue weighted by molar-refractivity contribution is -0.117. The molecule has 0 saturated heterocycles. The standard InChI is InChI=1S/C16H12N4O2/c1-11(21)9-20-6-5-13-14(20)3-2-4-15(13)22-16-7-12(8-17)18-10-19-16/h2-7,10H,9H2,1H3. The molecule has 3 rings (SSSR count). The zero-order valence-corrected chi connectivity index (χ0v) is 11.9. The van der Waals surface area contributed by atoms with Crippen molar-refractivity contribution in [3.8, 4) is 17.7 Å². The van der Waals surface area contributed by atoms with E-state index in [1.807, 2.05) is 41.1 Å². The average molecular weight is 292 g/mol. The van der Waals surface area contributed by atoms with Gasteiger partial charge in [0.1, 0.15) is 29.6 Å². The van der Waals surface area contributed by atoms with Gasteiger partial charge < -0.3 is 9.30 Å². The van der Waals surface area contributed by atoms with Gasteiger partial charge in [-0.2, -0.15) is 5.26 Å². The summed E-state index contributed by atoms with van der Waals surface area (Å²) in [6.45, 7) is 1.87. The number of rotatable bonds is 4. The van der Waals surface area contributed by atoms with E-state index in [-0.39, 0.29) is 11.5 Å². The van der Waals surface area contributed by atoms with Crippen LogP contribution in [0.5, 0.6) is 11.6 Å². The molecule has 108 valence electrons. The third kappa shape index (κ3) is 2.65. The highest BCUT2D eigenvalue weighted by molar-refractivity contribution is 5.88. The van der Waals surface area contributed by atoms with E-state index >= 15 is 0 Å². The molecular weight excluding hydrogens is 280 g/mol. The number of nitriles is 1. The minimum absolute atomic E-state index is 0.0817. The van der Waals surface area contributed by atoms with E-state index in [2.05, 4.69) is 9.97 Å². The van der Waals surface area contributed by atoms with Crippen LogP contribution in [0, 0.1) is 11.3 Å². The predicted molar refractivity (Wildman–Crippen MR) is 79.4 cm³/mol. The van der Waals surface area contributed by atoms with E-state index in [0.29, 0.717) is 18.2 Å². The number of fused-ring (bicyclic) bond motifs is 1. The summed E-state index contributed by atoms with van der Waals surface area (Å²) < 4.78 is 7.62. The summed E-state index contributed by atoms with van der Waals surface area (Å²) in [6, 6.07) is 10.9. The van der Waals surface area contributed by atoms with Crippen LogP contribution < -0.4 is 4.74 Å². The van der Waals surface area contributed by atoms with Crippen molar-refractivity contribution in [2.75, 3.05) is 0 Å². The van der Waals surface area contributed by atoms with E-state index < -0.39 is 0 Å². The van der Waals surface area contributed by atoms with Crippen molar-refractivity contribution >= 4 is 16.7 Å². The second-order valence-electron chi connectivity index (χ2n) is 4.79. The highest BCUT2D eigenvalue weighted by Crippen LogP contribution is 2.29. The van der Waals surface area contributed by atoms with Crippen molar-refractivity contribution in [1.82, 2.24) is 14.5 Å². The quantitative estimate of drug-likeness (QED) is 0.738. The molecule has 0 bridgehead atoms.